The molecule has 2 N–H and O–H groups in total. The van der Waals surface area contributed by atoms with Gasteiger partial charge in [-0.2, -0.15) is 0 Å². The third kappa shape index (κ3) is 2.44. The summed E-state index contributed by atoms with van der Waals surface area (Å²) in [6, 6.07) is 12.5. The van der Waals surface area contributed by atoms with Crippen molar-refractivity contribution in [2.45, 2.75) is 13.0 Å². The molecule has 2 aromatic rings. The van der Waals surface area contributed by atoms with Crippen molar-refractivity contribution >= 4 is 23.0 Å². The van der Waals surface area contributed by atoms with Crippen LogP contribution in [0.5, 0.6) is 0 Å². The average molecular weight is 269 g/mol. The van der Waals surface area contributed by atoms with Crippen molar-refractivity contribution in [3.63, 3.8) is 0 Å². The molecule has 0 saturated heterocycles. The first kappa shape index (κ1) is 12.1. The molecule has 0 saturated carbocycles. The van der Waals surface area contributed by atoms with Crippen LogP contribution in [0.1, 0.15) is 16.7 Å². The molecule has 96 valence electrons. The summed E-state index contributed by atoms with van der Waals surface area (Å²) in [5, 5.41) is 0. The predicted molar refractivity (Wildman–Crippen MR) is 81.3 cm³/mol. The molecule has 1 aliphatic heterocycles. The minimum atomic E-state index is 0.392. The molecule has 0 bridgehead atoms. The topological polar surface area (TPSA) is 42.1 Å². The van der Waals surface area contributed by atoms with Crippen molar-refractivity contribution in [2.24, 2.45) is 5.73 Å². The summed E-state index contributed by atoms with van der Waals surface area (Å²) in [6.07, 6.45) is 2.81. The van der Waals surface area contributed by atoms with Gasteiger partial charge >= 0.3 is 0 Å². The van der Waals surface area contributed by atoms with Gasteiger partial charge in [0.2, 0.25) is 0 Å². The number of hydrogen-bond acceptors (Lipinski definition) is 3. The second-order valence-corrected chi connectivity index (χ2v) is 5.15. The number of rotatable bonds is 2. The number of aromatic nitrogens is 1. The van der Waals surface area contributed by atoms with Crippen LogP contribution < -0.4 is 10.6 Å². The van der Waals surface area contributed by atoms with Crippen molar-refractivity contribution in [2.75, 3.05) is 11.4 Å². The zero-order chi connectivity index (χ0) is 13.2. The lowest BCUT2D eigenvalue weighted by molar-refractivity contribution is 0.721. The maximum atomic E-state index is 5.58. The molecule has 0 atom stereocenters. The fraction of sp³-hybridized carbons (Fsp3) is 0.200. The van der Waals surface area contributed by atoms with Crippen LogP contribution in [0.4, 0.5) is 5.82 Å². The number of benzene rings is 1. The van der Waals surface area contributed by atoms with Crippen molar-refractivity contribution in [3.8, 4) is 0 Å². The summed E-state index contributed by atoms with van der Waals surface area (Å²) in [7, 11) is 0. The van der Waals surface area contributed by atoms with Crippen molar-refractivity contribution < 1.29 is 0 Å². The second-order valence-electron chi connectivity index (χ2n) is 4.71. The van der Waals surface area contributed by atoms with E-state index in [4.69, 9.17) is 18.0 Å². The van der Waals surface area contributed by atoms with Crippen molar-refractivity contribution in [3.05, 3.63) is 59.3 Å². The maximum absolute atomic E-state index is 5.58. The highest BCUT2D eigenvalue weighted by Gasteiger charge is 2.16. The van der Waals surface area contributed by atoms with E-state index in [1.54, 1.807) is 6.20 Å². The van der Waals surface area contributed by atoms with Crippen LogP contribution in [0, 0.1) is 0 Å². The molecule has 0 aliphatic carbocycles. The molecule has 19 heavy (non-hydrogen) atoms. The summed E-state index contributed by atoms with van der Waals surface area (Å²) < 4.78 is 0. The molecule has 0 amide bonds. The average Bonchev–Trinajstić information content (AvgIpc) is 2.47. The molecule has 1 aromatic heterocycles. The van der Waals surface area contributed by atoms with Gasteiger partial charge in [-0.15, -0.1) is 0 Å². The Morgan fingerprint density at radius 2 is 1.95 bits per heavy atom. The van der Waals surface area contributed by atoms with Crippen LogP contribution >= 0.6 is 12.2 Å². The van der Waals surface area contributed by atoms with Crippen LogP contribution in [0.3, 0.4) is 0 Å². The van der Waals surface area contributed by atoms with Gasteiger partial charge in [0.15, 0.2) is 0 Å². The van der Waals surface area contributed by atoms with Gasteiger partial charge < -0.3 is 10.6 Å². The minimum Gasteiger partial charge on any atom is -0.389 e. The molecule has 2 heterocycles. The first-order chi connectivity index (χ1) is 9.24. The Morgan fingerprint density at radius 3 is 2.63 bits per heavy atom. The third-order valence-electron chi connectivity index (χ3n) is 3.49. The summed E-state index contributed by atoms with van der Waals surface area (Å²) >= 11 is 4.94. The fourth-order valence-electron chi connectivity index (χ4n) is 2.41. The standard InChI is InChI=1S/C15H15N3S/c16-15(19)12-5-6-14(17-9-12)18-8-7-11-3-1-2-4-13(11)10-18/h1-6,9H,7-8,10H2,(H2,16,19). The smallest absolute Gasteiger partial charge is 0.128 e. The number of fused-ring (bicyclic) bond motifs is 1. The van der Waals surface area contributed by atoms with Gasteiger partial charge in [-0.05, 0) is 29.7 Å². The van der Waals surface area contributed by atoms with Gasteiger partial charge in [0.1, 0.15) is 10.8 Å². The van der Waals surface area contributed by atoms with Gasteiger partial charge in [0, 0.05) is 24.8 Å². The Bertz CT molecular complexity index is 607. The van der Waals surface area contributed by atoms with Gasteiger partial charge in [0.05, 0.1) is 0 Å². The van der Waals surface area contributed by atoms with E-state index in [0.717, 1.165) is 30.9 Å². The quantitative estimate of drug-likeness (QED) is 0.849. The zero-order valence-corrected chi connectivity index (χ0v) is 11.4. The van der Waals surface area contributed by atoms with E-state index >= 15 is 0 Å². The Labute approximate surface area is 118 Å². The fourth-order valence-corrected chi connectivity index (χ4v) is 2.53. The summed E-state index contributed by atoms with van der Waals surface area (Å²) in [4.78, 5) is 7.13. The molecule has 0 radical (unpaired) electrons. The van der Waals surface area contributed by atoms with E-state index in [0.29, 0.717) is 4.99 Å². The predicted octanol–water partition coefficient (Wildman–Crippen LogP) is 2.28. The van der Waals surface area contributed by atoms with Gasteiger partial charge in [0.25, 0.3) is 0 Å². The number of hydrogen-bond donors (Lipinski definition) is 1. The molecular formula is C15H15N3S. The van der Waals surface area contributed by atoms with Crippen LogP contribution in [-0.2, 0) is 13.0 Å². The minimum absolute atomic E-state index is 0.392. The molecule has 4 heteroatoms. The Morgan fingerprint density at radius 1 is 1.16 bits per heavy atom. The zero-order valence-electron chi connectivity index (χ0n) is 10.5. The van der Waals surface area contributed by atoms with Gasteiger partial charge in [-0.3, -0.25) is 0 Å². The highest BCUT2D eigenvalue weighted by atomic mass is 32.1. The first-order valence-corrected chi connectivity index (χ1v) is 6.72. The molecule has 0 unspecified atom stereocenters. The first-order valence-electron chi connectivity index (χ1n) is 6.31. The van der Waals surface area contributed by atoms with Crippen LogP contribution in [0.2, 0.25) is 0 Å². The van der Waals surface area contributed by atoms with E-state index in [2.05, 4.69) is 34.1 Å². The van der Waals surface area contributed by atoms with Crippen LogP contribution in [-0.4, -0.2) is 16.5 Å². The number of thiocarbonyl (C=S) groups is 1. The maximum Gasteiger partial charge on any atom is 0.128 e. The molecular weight excluding hydrogens is 254 g/mol. The molecule has 1 aromatic carbocycles. The third-order valence-corrected chi connectivity index (χ3v) is 3.72. The summed E-state index contributed by atoms with van der Waals surface area (Å²) in [5.74, 6) is 0.981. The Kier molecular flexibility index (Phi) is 3.17. The highest BCUT2D eigenvalue weighted by Crippen LogP contribution is 2.22. The normalized spacial score (nSPS) is 14.0. The van der Waals surface area contributed by atoms with Gasteiger partial charge in [-0.25, -0.2) is 4.98 Å². The molecule has 0 spiro atoms. The van der Waals surface area contributed by atoms with Crippen molar-refractivity contribution in [1.29, 1.82) is 0 Å². The van der Waals surface area contributed by atoms with Gasteiger partial charge in [-0.1, -0.05) is 36.5 Å². The highest BCUT2D eigenvalue weighted by molar-refractivity contribution is 7.80. The van der Waals surface area contributed by atoms with E-state index in [-0.39, 0.29) is 0 Å². The number of anilines is 1. The number of nitrogens with zero attached hydrogens (tertiary/aromatic N) is 2. The van der Waals surface area contributed by atoms with Crippen LogP contribution in [0.15, 0.2) is 42.6 Å². The molecule has 3 nitrogen and oxygen atoms in total. The largest absolute Gasteiger partial charge is 0.389 e. The second kappa shape index (κ2) is 4.97. The van der Waals surface area contributed by atoms with E-state index < -0.39 is 0 Å². The Hall–Kier alpha value is -1.94. The Balaban J connectivity index is 1.83. The van der Waals surface area contributed by atoms with E-state index in [9.17, 15) is 0 Å². The number of pyridine rings is 1. The summed E-state index contributed by atoms with van der Waals surface area (Å²) in [6.45, 7) is 1.91. The SMILES string of the molecule is NC(=S)c1ccc(N2CCc3ccccc3C2)nc1. The summed E-state index contributed by atoms with van der Waals surface area (Å²) in [5.41, 5.74) is 9.23. The van der Waals surface area contributed by atoms with Crippen molar-refractivity contribution in [1.82, 2.24) is 4.98 Å². The van der Waals surface area contributed by atoms with Crippen LogP contribution in [0.25, 0.3) is 0 Å². The lowest BCUT2D eigenvalue weighted by atomic mass is 10.00. The lowest BCUT2D eigenvalue weighted by Crippen LogP contribution is -2.31. The van der Waals surface area contributed by atoms with E-state index in [1.807, 2.05) is 12.1 Å². The number of nitrogens with two attached hydrogens (primary N) is 1. The monoisotopic (exact) mass is 269 g/mol. The van der Waals surface area contributed by atoms with E-state index in [1.165, 1.54) is 11.1 Å². The molecule has 0 fully saturated rings. The molecule has 3 rings (SSSR count). The lowest BCUT2D eigenvalue weighted by Gasteiger charge is -2.29. The molecule has 1 aliphatic rings.